The summed E-state index contributed by atoms with van der Waals surface area (Å²) >= 11 is 0. The van der Waals surface area contributed by atoms with Crippen molar-refractivity contribution in [2.75, 3.05) is 0 Å². The predicted octanol–water partition coefficient (Wildman–Crippen LogP) is 2.14. The Morgan fingerprint density at radius 3 is 1.73 bits per heavy atom. The minimum atomic E-state index is -0.156. The average Bonchev–Trinajstić information content (AvgIpc) is 3.39. The highest BCUT2D eigenvalue weighted by Crippen LogP contribution is 2.33. The Balaban J connectivity index is 1.63. The molecule has 1 heterocycles. The van der Waals surface area contributed by atoms with Gasteiger partial charge in [0, 0.05) is 24.5 Å². The van der Waals surface area contributed by atoms with E-state index >= 15 is 0 Å². The van der Waals surface area contributed by atoms with Crippen molar-refractivity contribution in [3.8, 4) is 0 Å². The Kier molecular flexibility index (Phi) is 4.14. The van der Waals surface area contributed by atoms with Gasteiger partial charge >= 0.3 is 0 Å². The van der Waals surface area contributed by atoms with Gasteiger partial charge in [0.1, 0.15) is 0 Å². The molecule has 5 heteroatoms. The van der Waals surface area contributed by atoms with E-state index in [1.165, 1.54) is 38.1 Å². The molecule has 118 valence electrons. The van der Waals surface area contributed by atoms with E-state index in [2.05, 4.69) is 15.6 Å². The molecule has 0 aromatic carbocycles. The van der Waals surface area contributed by atoms with E-state index in [1.807, 2.05) is 13.8 Å². The van der Waals surface area contributed by atoms with Gasteiger partial charge in [-0.1, -0.05) is 0 Å². The Labute approximate surface area is 130 Å². The van der Waals surface area contributed by atoms with Crippen molar-refractivity contribution < 1.29 is 9.59 Å². The molecule has 2 aliphatic carbocycles. The van der Waals surface area contributed by atoms with Crippen LogP contribution in [-0.4, -0.2) is 28.9 Å². The van der Waals surface area contributed by atoms with Crippen molar-refractivity contribution in [1.29, 1.82) is 0 Å². The van der Waals surface area contributed by atoms with Gasteiger partial charge < -0.3 is 10.6 Å². The summed E-state index contributed by atoms with van der Waals surface area (Å²) in [6.45, 7) is 4.05. The fourth-order valence-corrected chi connectivity index (χ4v) is 2.70. The number of pyridine rings is 1. The zero-order chi connectivity index (χ0) is 15.7. The summed E-state index contributed by atoms with van der Waals surface area (Å²) in [6, 6.07) is 1.98. The topological polar surface area (TPSA) is 71.1 Å². The molecule has 2 atom stereocenters. The first-order valence-corrected chi connectivity index (χ1v) is 8.11. The molecule has 2 saturated carbocycles. The van der Waals surface area contributed by atoms with Crippen molar-refractivity contribution in [2.45, 2.75) is 51.6 Å². The number of amides is 2. The second-order valence-electron chi connectivity index (χ2n) is 6.66. The minimum Gasteiger partial charge on any atom is -0.349 e. The van der Waals surface area contributed by atoms with E-state index in [0.29, 0.717) is 23.0 Å². The van der Waals surface area contributed by atoms with E-state index < -0.39 is 0 Å². The molecule has 1 aromatic heterocycles. The molecular formula is C17H23N3O2. The quantitative estimate of drug-likeness (QED) is 0.845. The van der Waals surface area contributed by atoms with Crippen molar-refractivity contribution in [3.63, 3.8) is 0 Å². The number of hydrogen-bond donors (Lipinski definition) is 2. The first-order chi connectivity index (χ1) is 10.5. The molecule has 5 nitrogen and oxygen atoms in total. The molecule has 2 amide bonds. The molecule has 0 saturated heterocycles. The molecular weight excluding hydrogens is 278 g/mol. The molecule has 1 aromatic rings. The molecule has 0 unspecified atom stereocenters. The maximum Gasteiger partial charge on any atom is 0.253 e. The third-order valence-electron chi connectivity index (χ3n) is 4.64. The zero-order valence-electron chi connectivity index (χ0n) is 13.1. The molecule has 3 rings (SSSR count). The van der Waals surface area contributed by atoms with Gasteiger partial charge in [0.25, 0.3) is 11.8 Å². The summed E-state index contributed by atoms with van der Waals surface area (Å²) in [4.78, 5) is 28.5. The summed E-state index contributed by atoms with van der Waals surface area (Å²) in [5, 5.41) is 5.97. The van der Waals surface area contributed by atoms with Crippen LogP contribution < -0.4 is 10.6 Å². The highest BCUT2D eigenvalue weighted by Gasteiger charge is 2.30. The van der Waals surface area contributed by atoms with Crippen LogP contribution in [0.5, 0.6) is 0 Å². The number of rotatable bonds is 6. The summed E-state index contributed by atoms with van der Waals surface area (Å²) in [7, 11) is 0. The van der Waals surface area contributed by atoms with Crippen molar-refractivity contribution in [1.82, 2.24) is 15.6 Å². The van der Waals surface area contributed by atoms with E-state index in [0.717, 1.165) is 0 Å². The van der Waals surface area contributed by atoms with Gasteiger partial charge in [0.05, 0.1) is 11.1 Å². The Bertz CT molecular complexity index is 532. The van der Waals surface area contributed by atoms with E-state index in [-0.39, 0.29) is 23.9 Å². The van der Waals surface area contributed by atoms with Crippen LogP contribution in [0.3, 0.4) is 0 Å². The van der Waals surface area contributed by atoms with Crippen molar-refractivity contribution in [3.05, 3.63) is 29.6 Å². The number of aromatic nitrogens is 1. The van der Waals surface area contributed by atoms with E-state index in [1.54, 1.807) is 6.07 Å². The zero-order valence-corrected chi connectivity index (χ0v) is 13.1. The van der Waals surface area contributed by atoms with Crippen LogP contribution in [0.15, 0.2) is 18.5 Å². The third kappa shape index (κ3) is 3.64. The highest BCUT2D eigenvalue weighted by molar-refractivity contribution is 5.99. The normalized spacial score (nSPS) is 20.1. The second kappa shape index (κ2) is 6.07. The van der Waals surface area contributed by atoms with Crippen molar-refractivity contribution in [2.24, 2.45) is 11.8 Å². The number of carbonyl (C=O) groups excluding carboxylic acids is 2. The molecule has 22 heavy (non-hydrogen) atoms. The maximum absolute atomic E-state index is 12.2. The van der Waals surface area contributed by atoms with Gasteiger partial charge in [0.2, 0.25) is 0 Å². The number of nitrogens with one attached hydrogen (secondary N) is 2. The molecule has 0 radical (unpaired) electrons. The predicted molar refractivity (Wildman–Crippen MR) is 83.5 cm³/mol. The van der Waals surface area contributed by atoms with Crippen LogP contribution in [-0.2, 0) is 0 Å². The SMILES string of the molecule is C[C@@H](NC(=O)c1cncc(C(=O)N[C@H](C)C2CC2)c1)C1CC1. The van der Waals surface area contributed by atoms with Gasteiger partial charge in [-0.05, 0) is 57.4 Å². The smallest absolute Gasteiger partial charge is 0.253 e. The minimum absolute atomic E-state index is 0.156. The Morgan fingerprint density at radius 2 is 1.36 bits per heavy atom. The lowest BCUT2D eigenvalue weighted by Gasteiger charge is -2.14. The van der Waals surface area contributed by atoms with Crippen LogP contribution >= 0.6 is 0 Å². The number of nitrogens with zero attached hydrogens (tertiary/aromatic N) is 1. The molecule has 2 N–H and O–H groups in total. The monoisotopic (exact) mass is 301 g/mol. The molecule has 2 aliphatic rings. The van der Waals surface area contributed by atoms with Gasteiger partial charge in [-0.25, -0.2) is 0 Å². The lowest BCUT2D eigenvalue weighted by molar-refractivity contribution is 0.0935. The summed E-state index contributed by atoms with van der Waals surface area (Å²) in [5.74, 6) is 0.888. The summed E-state index contributed by atoms with van der Waals surface area (Å²) in [6.07, 6.45) is 7.75. The Hall–Kier alpha value is -1.91. The van der Waals surface area contributed by atoms with E-state index in [9.17, 15) is 9.59 Å². The number of hydrogen-bond acceptors (Lipinski definition) is 3. The third-order valence-corrected chi connectivity index (χ3v) is 4.64. The van der Waals surface area contributed by atoms with Crippen LogP contribution in [0.2, 0.25) is 0 Å². The molecule has 0 aliphatic heterocycles. The van der Waals surface area contributed by atoms with Crippen LogP contribution in [0.1, 0.15) is 60.2 Å². The summed E-state index contributed by atoms with van der Waals surface area (Å²) in [5.41, 5.74) is 0.887. The van der Waals surface area contributed by atoms with Gasteiger partial charge in [-0.3, -0.25) is 14.6 Å². The number of carbonyl (C=O) groups is 2. The molecule has 0 bridgehead atoms. The molecule has 2 fully saturated rings. The highest BCUT2D eigenvalue weighted by atomic mass is 16.2. The molecule has 0 spiro atoms. The lowest BCUT2D eigenvalue weighted by atomic mass is 10.1. The second-order valence-corrected chi connectivity index (χ2v) is 6.66. The van der Waals surface area contributed by atoms with Gasteiger partial charge in [-0.15, -0.1) is 0 Å². The summed E-state index contributed by atoms with van der Waals surface area (Å²) < 4.78 is 0. The first kappa shape index (κ1) is 15.0. The van der Waals surface area contributed by atoms with Gasteiger partial charge in [-0.2, -0.15) is 0 Å². The Morgan fingerprint density at radius 1 is 0.955 bits per heavy atom. The van der Waals surface area contributed by atoms with Gasteiger partial charge in [0.15, 0.2) is 0 Å². The van der Waals surface area contributed by atoms with E-state index in [4.69, 9.17) is 0 Å². The van der Waals surface area contributed by atoms with Crippen LogP contribution in [0, 0.1) is 11.8 Å². The fraction of sp³-hybridized carbons (Fsp3) is 0.588. The fourth-order valence-electron chi connectivity index (χ4n) is 2.70. The lowest BCUT2D eigenvalue weighted by Crippen LogP contribution is -2.35. The standard InChI is InChI=1S/C17H23N3O2/c1-10(12-3-4-12)19-16(21)14-7-15(9-18-8-14)17(22)20-11(2)13-5-6-13/h7-13H,3-6H2,1-2H3,(H,19,21)(H,20,22)/t10-,11-/m1/s1. The largest absolute Gasteiger partial charge is 0.349 e. The van der Waals surface area contributed by atoms with Crippen LogP contribution in [0.4, 0.5) is 0 Å². The van der Waals surface area contributed by atoms with Crippen molar-refractivity contribution >= 4 is 11.8 Å². The average molecular weight is 301 g/mol. The van der Waals surface area contributed by atoms with Crippen LogP contribution in [0.25, 0.3) is 0 Å². The first-order valence-electron chi connectivity index (χ1n) is 8.11. The maximum atomic E-state index is 12.2.